The van der Waals surface area contributed by atoms with Crippen LogP contribution in [-0.4, -0.2) is 4.98 Å². The largest absolute Gasteiger partial charge is 0.384 e. The maximum Gasteiger partial charge on any atom is 0.123 e. The monoisotopic (exact) mass is 163 g/mol. The summed E-state index contributed by atoms with van der Waals surface area (Å²) in [7, 11) is 0. The van der Waals surface area contributed by atoms with E-state index in [-0.39, 0.29) is 6.04 Å². The third-order valence-electron chi connectivity index (χ3n) is 2.32. The molecule has 0 saturated heterocycles. The first kappa shape index (κ1) is 7.55. The normalized spacial score (nSPS) is 19.1. The summed E-state index contributed by atoms with van der Waals surface area (Å²) in [5, 5.41) is 0. The van der Waals surface area contributed by atoms with E-state index in [1.165, 1.54) is 12.8 Å². The van der Waals surface area contributed by atoms with Crippen LogP contribution in [0.25, 0.3) is 0 Å². The standard InChI is InChI=1S/C9H13N3/c10-8-4-3-7(5-12-8)9(11)6-1-2-6/h3-6,9H,1-2,11H2,(H2,10,12)/t9-/m1/s1. The van der Waals surface area contributed by atoms with Gasteiger partial charge in [-0.05, 0) is 30.4 Å². The van der Waals surface area contributed by atoms with E-state index in [0.717, 1.165) is 5.56 Å². The molecule has 12 heavy (non-hydrogen) atoms. The van der Waals surface area contributed by atoms with Crippen molar-refractivity contribution in [3.63, 3.8) is 0 Å². The lowest BCUT2D eigenvalue weighted by atomic mass is 10.1. The summed E-state index contributed by atoms with van der Waals surface area (Å²) in [5.74, 6) is 1.23. The molecule has 1 atom stereocenters. The van der Waals surface area contributed by atoms with Crippen molar-refractivity contribution in [2.45, 2.75) is 18.9 Å². The molecule has 2 rings (SSSR count). The fraction of sp³-hybridized carbons (Fsp3) is 0.444. The van der Waals surface area contributed by atoms with Gasteiger partial charge in [-0.2, -0.15) is 0 Å². The van der Waals surface area contributed by atoms with Crippen LogP contribution in [0.5, 0.6) is 0 Å². The van der Waals surface area contributed by atoms with Crippen molar-refractivity contribution in [3.8, 4) is 0 Å². The van der Waals surface area contributed by atoms with Crippen LogP contribution in [0.4, 0.5) is 5.82 Å². The topological polar surface area (TPSA) is 64.9 Å². The van der Waals surface area contributed by atoms with E-state index in [1.807, 2.05) is 6.07 Å². The van der Waals surface area contributed by atoms with E-state index in [1.54, 1.807) is 12.3 Å². The maximum absolute atomic E-state index is 5.97. The van der Waals surface area contributed by atoms with Gasteiger partial charge < -0.3 is 11.5 Å². The highest BCUT2D eigenvalue weighted by atomic mass is 14.8. The Bertz CT molecular complexity index is 264. The van der Waals surface area contributed by atoms with Crippen LogP contribution in [0.2, 0.25) is 0 Å². The van der Waals surface area contributed by atoms with E-state index in [2.05, 4.69) is 4.98 Å². The number of aromatic nitrogens is 1. The first-order chi connectivity index (χ1) is 5.77. The average molecular weight is 163 g/mol. The summed E-state index contributed by atoms with van der Waals surface area (Å²) in [4.78, 5) is 4.01. The van der Waals surface area contributed by atoms with Crippen molar-refractivity contribution in [2.75, 3.05) is 5.73 Å². The van der Waals surface area contributed by atoms with Crippen LogP contribution in [0.3, 0.4) is 0 Å². The van der Waals surface area contributed by atoms with E-state index in [0.29, 0.717) is 11.7 Å². The van der Waals surface area contributed by atoms with E-state index >= 15 is 0 Å². The molecule has 0 aromatic carbocycles. The molecule has 3 nitrogen and oxygen atoms in total. The molecule has 0 bridgehead atoms. The molecule has 3 heteroatoms. The smallest absolute Gasteiger partial charge is 0.123 e. The van der Waals surface area contributed by atoms with Gasteiger partial charge in [0.2, 0.25) is 0 Å². The predicted octanol–water partition coefficient (Wildman–Crippen LogP) is 1.07. The quantitative estimate of drug-likeness (QED) is 0.685. The van der Waals surface area contributed by atoms with Crippen LogP contribution in [0.1, 0.15) is 24.4 Å². The summed E-state index contributed by atoms with van der Waals surface area (Å²) in [6.07, 6.45) is 4.29. The van der Waals surface area contributed by atoms with Gasteiger partial charge in [0.1, 0.15) is 5.82 Å². The molecule has 0 aliphatic heterocycles. The summed E-state index contributed by atoms with van der Waals surface area (Å²) < 4.78 is 0. The molecule has 1 aromatic rings. The second-order valence-electron chi connectivity index (χ2n) is 3.38. The lowest BCUT2D eigenvalue weighted by Crippen LogP contribution is -2.12. The second kappa shape index (κ2) is 2.75. The Morgan fingerprint density at radius 2 is 2.17 bits per heavy atom. The van der Waals surface area contributed by atoms with Crippen molar-refractivity contribution in [1.29, 1.82) is 0 Å². The van der Waals surface area contributed by atoms with Crippen LogP contribution < -0.4 is 11.5 Å². The predicted molar refractivity (Wildman–Crippen MR) is 48.3 cm³/mol. The number of anilines is 1. The van der Waals surface area contributed by atoms with Gasteiger partial charge in [0.15, 0.2) is 0 Å². The lowest BCUT2D eigenvalue weighted by molar-refractivity contribution is 0.631. The first-order valence-electron chi connectivity index (χ1n) is 4.24. The van der Waals surface area contributed by atoms with Gasteiger partial charge >= 0.3 is 0 Å². The summed E-state index contributed by atoms with van der Waals surface area (Å²) in [5.41, 5.74) is 12.5. The van der Waals surface area contributed by atoms with Crippen molar-refractivity contribution >= 4 is 5.82 Å². The summed E-state index contributed by atoms with van der Waals surface area (Å²) in [6, 6.07) is 3.93. The van der Waals surface area contributed by atoms with Gasteiger partial charge in [0.25, 0.3) is 0 Å². The van der Waals surface area contributed by atoms with Crippen molar-refractivity contribution < 1.29 is 0 Å². The Morgan fingerprint density at radius 3 is 2.67 bits per heavy atom. The zero-order valence-corrected chi connectivity index (χ0v) is 6.90. The van der Waals surface area contributed by atoms with Crippen LogP contribution >= 0.6 is 0 Å². The maximum atomic E-state index is 5.97. The van der Waals surface area contributed by atoms with Gasteiger partial charge in [0, 0.05) is 12.2 Å². The van der Waals surface area contributed by atoms with Crippen molar-refractivity contribution in [2.24, 2.45) is 11.7 Å². The Hall–Kier alpha value is -1.09. The lowest BCUT2D eigenvalue weighted by Gasteiger charge is -2.09. The molecule has 0 radical (unpaired) electrons. The summed E-state index contributed by atoms with van der Waals surface area (Å²) >= 11 is 0. The first-order valence-corrected chi connectivity index (χ1v) is 4.24. The molecule has 1 aromatic heterocycles. The molecule has 0 unspecified atom stereocenters. The van der Waals surface area contributed by atoms with Gasteiger partial charge in [-0.15, -0.1) is 0 Å². The van der Waals surface area contributed by atoms with Gasteiger partial charge in [-0.3, -0.25) is 0 Å². The number of rotatable bonds is 2. The number of hydrogen-bond acceptors (Lipinski definition) is 3. The van der Waals surface area contributed by atoms with Crippen molar-refractivity contribution in [1.82, 2.24) is 4.98 Å². The number of pyridine rings is 1. The highest BCUT2D eigenvalue weighted by Gasteiger charge is 2.29. The van der Waals surface area contributed by atoms with Crippen LogP contribution in [0, 0.1) is 5.92 Å². The van der Waals surface area contributed by atoms with Gasteiger partial charge in [-0.25, -0.2) is 4.98 Å². The summed E-state index contributed by atoms with van der Waals surface area (Å²) in [6.45, 7) is 0. The molecule has 1 saturated carbocycles. The van der Waals surface area contributed by atoms with Crippen molar-refractivity contribution in [3.05, 3.63) is 23.9 Å². The molecular formula is C9H13N3. The van der Waals surface area contributed by atoms with Crippen LogP contribution in [-0.2, 0) is 0 Å². The van der Waals surface area contributed by atoms with Gasteiger partial charge in [0.05, 0.1) is 0 Å². The third-order valence-corrected chi connectivity index (χ3v) is 2.32. The van der Waals surface area contributed by atoms with E-state index < -0.39 is 0 Å². The fourth-order valence-corrected chi connectivity index (χ4v) is 1.34. The molecule has 0 amide bonds. The SMILES string of the molecule is Nc1ccc([C@H](N)C2CC2)cn1. The fourth-order valence-electron chi connectivity index (χ4n) is 1.34. The molecule has 1 aliphatic rings. The number of hydrogen-bond donors (Lipinski definition) is 2. The number of nitrogens with two attached hydrogens (primary N) is 2. The molecular weight excluding hydrogens is 150 g/mol. The number of nitrogens with zero attached hydrogens (tertiary/aromatic N) is 1. The molecule has 1 aliphatic carbocycles. The molecule has 4 N–H and O–H groups in total. The Kier molecular flexibility index (Phi) is 1.73. The van der Waals surface area contributed by atoms with E-state index in [4.69, 9.17) is 11.5 Å². The molecule has 64 valence electrons. The Morgan fingerprint density at radius 1 is 1.42 bits per heavy atom. The molecule has 1 heterocycles. The second-order valence-corrected chi connectivity index (χ2v) is 3.38. The highest BCUT2D eigenvalue weighted by Crippen LogP contribution is 2.39. The highest BCUT2D eigenvalue weighted by molar-refractivity contribution is 5.31. The minimum atomic E-state index is 0.165. The molecule has 1 fully saturated rings. The molecule has 0 spiro atoms. The van der Waals surface area contributed by atoms with Crippen LogP contribution in [0.15, 0.2) is 18.3 Å². The average Bonchev–Trinajstić information content (AvgIpc) is 2.87. The number of nitrogen functional groups attached to an aromatic ring is 1. The Balaban J connectivity index is 2.16. The Labute approximate surface area is 71.8 Å². The minimum absolute atomic E-state index is 0.165. The minimum Gasteiger partial charge on any atom is -0.384 e. The zero-order chi connectivity index (χ0) is 8.55. The third kappa shape index (κ3) is 1.41. The zero-order valence-electron chi connectivity index (χ0n) is 6.90. The van der Waals surface area contributed by atoms with Gasteiger partial charge in [-0.1, -0.05) is 6.07 Å². The van der Waals surface area contributed by atoms with E-state index in [9.17, 15) is 0 Å².